The van der Waals surface area contributed by atoms with E-state index >= 15 is 0 Å². The van der Waals surface area contributed by atoms with E-state index in [1.165, 1.54) is 43.0 Å². The molecule has 192 valence electrons. The summed E-state index contributed by atoms with van der Waals surface area (Å²) in [5, 5.41) is 6.40. The van der Waals surface area contributed by atoms with Crippen molar-refractivity contribution in [3.05, 3.63) is 109 Å². The second-order valence-corrected chi connectivity index (χ2v) is 10.3. The number of benzene rings is 3. The van der Waals surface area contributed by atoms with E-state index < -0.39 is 15.9 Å². The van der Waals surface area contributed by atoms with E-state index in [0.29, 0.717) is 44.9 Å². The highest BCUT2D eigenvalue weighted by Gasteiger charge is 2.18. The lowest BCUT2D eigenvalue weighted by Crippen LogP contribution is -2.11. The van der Waals surface area contributed by atoms with Gasteiger partial charge < -0.3 is 16.4 Å². The van der Waals surface area contributed by atoms with E-state index in [0.717, 1.165) is 3.97 Å². The number of para-hydroxylation sites is 2. The smallest absolute Gasteiger partial charge is 0.267 e. The normalized spacial score (nSPS) is 11.4. The summed E-state index contributed by atoms with van der Waals surface area (Å²) in [6.45, 7) is 0. The molecule has 2 heterocycles. The number of amides is 1. The van der Waals surface area contributed by atoms with E-state index in [1.54, 1.807) is 48.5 Å². The number of fused-ring (bicyclic) bond motifs is 1. The Balaban J connectivity index is 1.39. The summed E-state index contributed by atoms with van der Waals surface area (Å²) in [6.07, 6.45) is 12.6. The van der Waals surface area contributed by atoms with Crippen LogP contribution in [0.5, 0.6) is 0 Å². The van der Waals surface area contributed by atoms with Crippen molar-refractivity contribution in [3.8, 4) is 12.3 Å². The van der Waals surface area contributed by atoms with Crippen LogP contribution in [0.2, 0.25) is 0 Å². The molecule has 0 atom stereocenters. The quantitative estimate of drug-likeness (QED) is 0.158. The molecule has 0 bridgehead atoms. The van der Waals surface area contributed by atoms with E-state index in [2.05, 4.69) is 26.5 Å². The number of anilines is 4. The Morgan fingerprint density at radius 2 is 1.87 bits per heavy atom. The summed E-state index contributed by atoms with van der Waals surface area (Å²) in [4.78, 5) is 20.9. The number of nitrogens with two attached hydrogens (primary N) is 1. The molecular weight excluding hydrogens is 512 g/mol. The number of nitrogens with zero attached hydrogens (tertiary/aromatic N) is 3. The molecule has 39 heavy (non-hydrogen) atoms. The fourth-order valence-corrected chi connectivity index (χ4v) is 5.07. The zero-order valence-corrected chi connectivity index (χ0v) is 21.3. The summed E-state index contributed by atoms with van der Waals surface area (Å²) >= 11 is 0. The standard InChI is InChI=1S/C29H22N6O3S/c1-2-20-6-5-7-22(16-20)33-29-24-17-23(11-12-26(24)31-19-32-29)39(37,38)35-15-14-21(18-35)10-13-28(36)34-27-9-4-3-8-25(27)30/h1,3-19H,30H2,(H,34,36)(H,31,32,33)/b13-10-. The summed E-state index contributed by atoms with van der Waals surface area (Å²) < 4.78 is 27.9. The van der Waals surface area contributed by atoms with Crippen molar-refractivity contribution in [1.29, 1.82) is 0 Å². The van der Waals surface area contributed by atoms with Crippen molar-refractivity contribution in [2.75, 3.05) is 16.4 Å². The molecule has 0 fully saturated rings. The van der Waals surface area contributed by atoms with Crippen LogP contribution in [0.4, 0.5) is 22.9 Å². The second-order valence-electron chi connectivity index (χ2n) is 8.44. The molecule has 5 aromatic rings. The van der Waals surface area contributed by atoms with Crippen LogP contribution in [0, 0.1) is 12.3 Å². The van der Waals surface area contributed by atoms with Gasteiger partial charge in [-0.15, -0.1) is 6.42 Å². The molecular formula is C29H22N6O3S. The van der Waals surface area contributed by atoms with Crippen molar-refractivity contribution in [2.45, 2.75) is 4.90 Å². The van der Waals surface area contributed by atoms with Gasteiger partial charge in [-0.05, 0) is 66.2 Å². The van der Waals surface area contributed by atoms with Gasteiger partial charge in [0.2, 0.25) is 5.91 Å². The number of aromatic nitrogens is 3. The molecule has 2 aromatic heterocycles. The molecule has 0 aliphatic heterocycles. The van der Waals surface area contributed by atoms with Crippen molar-refractivity contribution in [1.82, 2.24) is 13.9 Å². The Hall–Kier alpha value is -5.40. The maximum atomic E-state index is 13.4. The number of nitrogens with one attached hydrogen (secondary N) is 2. The van der Waals surface area contributed by atoms with Crippen LogP contribution in [-0.2, 0) is 14.8 Å². The molecule has 0 aliphatic carbocycles. The summed E-state index contributed by atoms with van der Waals surface area (Å²) in [5.41, 5.74) is 9.28. The molecule has 0 saturated heterocycles. The minimum absolute atomic E-state index is 0.0497. The van der Waals surface area contributed by atoms with Crippen molar-refractivity contribution >= 4 is 55.8 Å². The Bertz CT molecular complexity index is 1890. The molecule has 9 nitrogen and oxygen atoms in total. The number of terminal acetylenes is 1. The average molecular weight is 535 g/mol. The molecule has 0 aliphatic rings. The Morgan fingerprint density at radius 1 is 1.03 bits per heavy atom. The highest BCUT2D eigenvalue weighted by atomic mass is 32.2. The summed E-state index contributed by atoms with van der Waals surface area (Å²) in [5.74, 6) is 2.62. The maximum absolute atomic E-state index is 13.4. The maximum Gasteiger partial charge on any atom is 0.267 e. The van der Waals surface area contributed by atoms with Gasteiger partial charge in [-0.3, -0.25) is 4.79 Å². The highest BCUT2D eigenvalue weighted by Crippen LogP contribution is 2.27. The average Bonchev–Trinajstić information content (AvgIpc) is 3.43. The molecule has 0 radical (unpaired) electrons. The van der Waals surface area contributed by atoms with Gasteiger partial charge in [-0.1, -0.05) is 24.1 Å². The molecule has 3 aromatic carbocycles. The minimum atomic E-state index is -3.95. The van der Waals surface area contributed by atoms with Crippen LogP contribution < -0.4 is 16.4 Å². The first-order valence-corrected chi connectivity index (χ1v) is 13.1. The predicted molar refractivity (Wildman–Crippen MR) is 153 cm³/mol. The SMILES string of the molecule is C#Cc1cccc(Nc2ncnc3ccc(S(=O)(=O)n4ccc(/C=C\C(=O)Nc5ccccc5N)c4)cc23)c1. The first kappa shape index (κ1) is 25.3. The van der Waals surface area contributed by atoms with Crippen LogP contribution in [0.1, 0.15) is 11.1 Å². The van der Waals surface area contributed by atoms with Crippen molar-refractivity contribution < 1.29 is 13.2 Å². The molecule has 1 amide bonds. The van der Waals surface area contributed by atoms with Gasteiger partial charge in [-0.25, -0.2) is 22.4 Å². The third-order valence-electron chi connectivity index (χ3n) is 5.81. The van der Waals surface area contributed by atoms with Crippen LogP contribution >= 0.6 is 0 Å². The van der Waals surface area contributed by atoms with Crippen LogP contribution in [0.3, 0.4) is 0 Å². The predicted octanol–water partition coefficient (Wildman–Crippen LogP) is 4.63. The second kappa shape index (κ2) is 10.5. The van der Waals surface area contributed by atoms with Crippen LogP contribution in [0.25, 0.3) is 17.0 Å². The zero-order valence-electron chi connectivity index (χ0n) is 20.4. The largest absolute Gasteiger partial charge is 0.397 e. The number of hydrogen-bond donors (Lipinski definition) is 3. The Labute approximate surface area is 225 Å². The van der Waals surface area contributed by atoms with Gasteiger partial charge in [0.1, 0.15) is 12.1 Å². The van der Waals surface area contributed by atoms with Gasteiger partial charge in [-0.2, -0.15) is 0 Å². The number of nitrogen functional groups attached to an aromatic ring is 1. The van der Waals surface area contributed by atoms with E-state index in [-0.39, 0.29) is 4.90 Å². The van der Waals surface area contributed by atoms with Crippen molar-refractivity contribution in [3.63, 3.8) is 0 Å². The molecule has 10 heteroatoms. The Kier molecular flexibility index (Phi) is 6.82. The summed E-state index contributed by atoms with van der Waals surface area (Å²) in [6, 6.07) is 20.4. The topological polar surface area (TPSA) is 132 Å². The van der Waals surface area contributed by atoms with E-state index in [1.807, 2.05) is 12.1 Å². The highest BCUT2D eigenvalue weighted by molar-refractivity contribution is 7.90. The minimum Gasteiger partial charge on any atom is -0.397 e. The lowest BCUT2D eigenvalue weighted by molar-refractivity contribution is -0.111. The number of carbonyl (C=O) groups excluding carboxylic acids is 1. The number of carbonyl (C=O) groups is 1. The summed E-state index contributed by atoms with van der Waals surface area (Å²) in [7, 11) is -3.95. The van der Waals surface area contributed by atoms with Crippen LogP contribution in [-0.4, -0.2) is 28.3 Å². The lowest BCUT2D eigenvalue weighted by atomic mass is 10.2. The van der Waals surface area contributed by atoms with E-state index in [9.17, 15) is 13.2 Å². The molecule has 0 unspecified atom stereocenters. The van der Waals surface area contributed by atoms with Gasteiger partial charge >= 0.3 is 0 Å². The monoisotopic (exact) mass is 534 g/mol. The van der Waals surface area contributed by atoms with Gasteiger partial charge in [0.25, 0.3) is 10.0 Å². The molecule has 4 N–H and O–H groups in total. The molecule has 5 rings (SSSR count). The fraction of sp³-hybridized carbons (Fsp3) is 0. The third kappa shape index (κ3) is 5.49. The van der Waals surface area contributed by atoms with Gasteiger partial charge in [0.15, 0.2) is 0 Å². The van der Waals surface area contributed by atoms with Gasteiger partial charge in [0.05, 0.1) is 21.8 Å². The molecule has 0 spiro atoms. The number of rotatable bonds is 7. The Morgan fingerprint density at radius 3 is 2.69 bits per heavy atom. The van der Waals surface area contributed by atoms with E-state index in [4.69, 9.17) is 12.2 Å². The lowest BCUT2D eigenvalue weighted by Gasteiger charge is -2.11. The van der Waals surface area contributed by atoms with Crippen LogP contribution in [0.15, 0.2) is 102 Å². The number of hydrogen-bond acceptors (Lipinski definition) is 7. The van der Waals surface area contributed by atoms with Gasteiger partial charge in [0, 0.05) is 35.1 Å². The first-order valence-electron chi connectivity index (χ1n) is 11.7. The van der Waals surface area contributed by atoms with Crippen molar-refractivity contribution in [2.24, 2.45) is 0 Å². The molecule has 0 saturated carbocycles. The third-order valence-corrected chi connectivity index (χ3v) is 7.44. The zero-order chi connectivity index (χ0) is 27.4. The first-order chi connectivity index (χ1) is 18.8. The fourth-order valence-electron chi connectivity index (χ4n) is 3.84.